The van der Waals surface area contributed by atoms with Crippen LogP contribution in [0.15, 0.2) is 18.2 Å². The molecular formula is C16H26FNO. The Hall–Kier alpha value is -1.09. The fourth-order valence-corrected chi connectivity index (χ4v) is 2.64. The third-order valence-electron chi connectivity index (χ3n) is 3.78. The zero-order valence-electron chi connectivity index (χ0n) is 12.5. The molecule has 0 saturated heterocycles. The Bertz CT molecular complexity index is 381. The molecule has 0 bridgehead atoms. The van der Waals surface area contributed by atoms with E-state index in [0.717, 1.165) is 12.8 Å². The van der Waals surface area contributed by atoms with Gasteiger partial charge in [0.05, 0.1) is 7.11 Å². The summed E-state index contributed by atoms with van der Waals surface area (Å²) in [4.78, 5) is 0. The van der Waals surface area contributed by atoms with E-state index >= 15 is 0 Å². The van der Waals surface area contributed by atoms with Crippen LogP contribution in [-0.4, -0.2) is 14.2 Å². The lowest BCUT2D eigenvalue weighted by Crippen LogP contribution is -2.26. The van der Waals surface area contributed by atoms with E-state index in [-0.39, 0.29) is 11.9 Å². The molecule has 2 nitrogen and oxygen atoms in total. The molecule has 0 aromatic heterocycles. The SMILES string of the molecule is CCCCC(CC)C(NC)c1cccc(OC)c1F. The molecule has 0 aliphatic carbocycles. The van der Waals surface area contributed by atoms with Gasteiger partial charge in [-0.1, -0.05) is 45.2 Å². The number of methoxy groups -OCH3 is 1. The van der Waals surface area contributed by atoms with Crippen molar-refractivity contribution in [2.45, 2.75) is 45.6 Å². The van der Waals surface area contributed by atoms with E-state index in [0.29, 0.717) is 17.2 Å². The summed E-state index contributed by atoms with van der Waals surface area (Å²) in [7, 11) is 3.41. The summed E-state index contributed by atoms with van der Waals surface area (Å²) in [6, 6.07) is 5.42. The lowest BCUT2D eigenvalue weighted by Gasteiger charge is -2.27. The fraction of sp³-hybridized carbons (Fsp3) is 0.625. The molecule has 1 aromatic carbocycles. The van der Waals surface area contributed by atoms with E-state index in [9.17, 15) is 4.39 Å². The molecule has 2 unspecified atom stereocenters. The second-order valence-corrected chi connectivity index (χ2v) is 4.94. The van der Waals surface area contributed by atoms with Crippen molar-refractivity contribution >= 4 is 0 Å². The molecule has 19 heavy (non-hydrogen) atoms. The first-order chi connectivity index (χ1) is 9.19. The minimum atomic E-state index is -0.237. The lowest BCUT2D eigenvalue weighted by molar-refractivity contribution is 0.323. The second kappa shape index (κ2) is 8.16. The molecule has 0 spiro atoms. The van der Waals surface area contributed by atoms with Crippen molar-refractivity contribution < 1.29 is 9.13 Å². The molecule has 0 heterocycles. The summed E-state index contributed by atoms with van der Waals surface area (Å²) in [5.41, 5.74) is 0.713. The van der Waals surface area contributed by atoms with Gasteiger partial charge < -0.3 is 10.1 Å². The Morgan fingerprint density at radius 2 is 2.05 bits per heavy atom. The average molecular weight is 267 g/mol. The minimum absolute atomic E-state index is 0.0478. The Morgan fingerprint density at radius 3 is 2.58 bits per heavy atom. The van der Waals surface area contributed by atoms with E-state index in [4.69, 9.17) is 4.74 Å². The quantitative estimate of drug-likeness (QED) is 0.757. The van der Waals surface area contributed by atoms with Crippen molar-refractivity contribution in [3.05, 3.63) is 29.6 Å². The molecular weight excluding hydrogens is 241 g/mol. The van der Waals surface area contributed by atoms with Crippen molar-refractivity contribution in [1.29, 1.82) is 0 Å². The third kappa shape index (κ3) is 3.93. The molecule has 1 rings (SSSR count). The molecule has 3 heteroatoms. The second-order valence-electron chi connectivity index (χ2n) is 4.94. The smallest absolute Gasteiger partial charge is 0.169 e. The number of ether oxygens (including phenoxy) is 1. The highest BCUT2D eigenvalue weighted by Crippen LogP contribution is 2.33. The molecule has 0 aliphatic heterocycles. The Kier molecular flexibility index (Phi) is 6.85. The number of nitrogens with one attached hydrogen (secondary N) is 1. The standard InChI is InChI=1S/C16H26FNO/c1-5-7-9-12(6-2)16(18-3)13-10-8-11-14(19-4)15(13)17/h8,10-12,16,18H,5-7,9H2,1-4H3. The number of rotatable bonds is 8. The summed E-state index contributed by atoms with van der Waals surface area (Å²) >= 11 is 0. The monoisotopic (exact) mass is 267 g/mol. The molecule has 0 saturated carbocycles. The molecule has 0 aliphatic rings. The molecule has 1 N–H and O–H groups in total. The largest absolute Gasteiger partial charge is 0.494 e. The maximum atomic E-state index is 14.4. The van der Waals surface area contributed by atoms with E-state index < -0.39 is 0 Å². The van der Waals surface area contributed by atoms with Gasteiger partial charge in [0.2, 0.25) is 0 Å². The van der Waals surface area contributed by atoms with Crippen molar-refractivity contribution in [1.82, 2.24) is 5.32 Å². The topological polar surface area (TPSA) is 21.3 Å². The number of halogens is 1. The predicted octanol–water partition coefficient (Wildman–Crippen LogP) is 4.31. The van der Waals surface area contributed by atoms with Gasteiger partial charge in [-0.2, -0.15) is 0 Å². The third-order valence-corrected chi connectivity index (χ3v) is 3.78. The van der Waals surface area contributed by atoms with E-state index in [1.54, 1.807) is 6.07 Å². The summed E-state index contributed by atoms with van der Waals surface area (Å²) in [6.07, 6.45) is 4.52. The van der Waals surface area contributed by atoms with Crippen LogP contribution >= 0.6 is 0 Å². The number of hydrogen-bond acceptors (Lipinski definition) is 2. The van der Waals surface area contributed by atoms with Crippen LogP contribution < -0.4 is 10.1 Å². The van der Waals surface area contributed by atoms with E-state index in [1.807, 2.05) is 19.2 Å². The lowest BCUT2D eigenvalue weighted by atomic mass is 9.86. The van der Waals surface area contributed by atoms with Crippen LogP contribution in [0.3, 0.4) is 0 Å². The van der Waals surface area contributed by atoms with Gasteiger partial charge in [-0.25, -0.2) is 4.39 Å². The van der Waals surface area contributed by atoms with E-state index in [2.05, 4.69) is 19.2 Å². The zero-order chi connectivity index (χ0) is 14.3. The highest BCUT2D eigenvalue weighted by atomic mass is 19.1. The maximum absolute atomic E-state index is 14.4. The van der Waals surface area contributed by atoms with Gasteiger partial charge in [0.15, 0.2) is 11.6 Å². The van der Waals surface area contributed by atoms with Gasteiger partial charge in [-0.05, 0) is 25.5 Å². The number of benzene rings is 1. The van der Waals surface area contributed by atoms with Crippen LogP contribution in [0.1, 0.15) is 51.1 Å². The van der Waals surface area contributed by atoms with Crippen molar-refractivity contribution in [3.8, 4) is 5.75 Å². The summed E-state index contributed by atoms with van der Waals surface area (Å²) in [5.74, 6) is 0.536. The van der Waals surface area contributed by atoms with Gasteiger partial charge in [0.25, 0.3) is 0 Å². The van der Waals surface area contributed by atoms with Gasteiger partial charge in [0.1, 0.15) is 0 Å². The van der Waals surface area contributed by atoms with Crippen LogP contribution in [0.2, 0.25) is 0 Å². The van der Waals surface area contributed by atoms with Gasteiger partial charge in [-0.3, -0.25) is 0 Å². The molecule has 0 fully saturated rings. The Labute approximate surface area is 116 Å². The summed E-state index contributed by atoms with van der Waals surface area (Å²) in [5, 5.41) is 3.27. The first-order valence-corrected chi connectivity index (χ1v) is 7.19. The first-order valence-electron chi connectivity index (χ1n) is 7.19. The van der Waals surface area contributed by atoms with Gasteiger partial charge in [0, 0.05) is 11.6 Å². The fourth-order valence-electron chi connectivity index (χ4n) is 2.64. The molecule has 1 aromatic rings. The van der Waals surface area contributed by atoms with Crippen molar-refractivity contribution in [2.75, 3.05) is 14.2 Å². The van der Waals surface area contributed by atoms with Crippen molar-refractivity contribution in [2.24, 2.45) is 5.92 Å². The maximum Gasteiger partial charge on any atom is 0.169 e. The highest BCUT2D eigenvalue weighted by Gasteiger charge is 2.24. The van der Waals surface area contributed by atoms with Gasteiger partial charge in [-0.15, -0.1) is 0 Å². The molecule has 0 amide bonds. The highest BCUT2D eigenvalue weighted by molar-refractivity contribution is 5.33. The minimum Gasteiger partial charge on any atom is -0.494 e. The van der Waals surface area contributed by atoms with Crippen LogP contribution in [0, 0.1) is 11.7 Å². The number of unbranched alkanes of at least 4 members (excludes halogenated alkanes) is 1. The predicted molar refractivity (Wildman–Crippen MR) is 78.1 cm³/mol. The van der Waals surface area contributed by atoms with Crippen LogP contribution in [-0.2, 0) is 0 Å². The van der Waals surface area contributed by atoms with Crippen molar-refractivity contribution in [3.63, 3.8) is 0 Å². The zero-order valence-corrected chi connectivity index (χ0v) is 12.5. The number of hydrogen-bond donors (Lipinski definition) is 1. The average Bonchev–Trinajstić information content (AvgIpc) is 2.44. The van der Waals surface area contributed by atoms with Crippen LogP contribution in [0.4, 0.5) is 4.39 Å². The van der Waals surface area contributed by atoms with Crippen LogP contribution in [0.5, 0.6) is 5.75 Å². The normalized spacial score (nSPS) is 14.2. The molecule has 0 radical (unpaired) electrons. The molecule has 2 atom stereocenters. The van der Waals surface area contributed by atoms with E-state index in [1.165, 1.54) is 20.0 Å². The van der Waals surface area contributed by atoms with Crippen LogP contribution in [0.25, 0.3) is 0 Å². The Morgan fingerprint density at radius 1 is 1.32 bits per heavy atom. The van der Waals surface area contributed by atoms with Gasteiger partial charge >= 0.3 is 0 Å². The first kappa shape index (κ1) is 16.0. The molecule has 108 valence electrons. The Balaban J connectivity index is 3.01. The summed E-state index contributed by atoms with van der Waals surface area (Å²) in [6.45, 7) is 4.36. The summed E-state index contributed by atoms with van der Waals surface area (Å²) < 4.78 is 19.4.